The third-order valence-corrected chi connectivity index (χ3v) is 6.52. The Kier molecular flexibility index (Phi) is 7.25. The number of piperidine rings is 1. The number of methoxy groups -OCH3 is 1. The van der Waals surface area contributed by atoms with E-state index in [-0.39, 0.29) is 5.75 Å². The quantitative estimate of drug-likeness (QED) is 0.719. The lowest BCUT2D eigenvalue weighted by atomic mass is 10.00. The summed E-state index contributed by atoms with van der Waals surface area (Å²) in [5.74, 6) is 0.344. The number of likely N-dealkylation sites (tertiary alicyclic amines) is 1. The Bertz CT molecular complexity index is 718. The monoisotopic (exact) mass is 426 g/mol. The summed E-state index contributed by atoms with van der Waals surface area (Å²) >= 11 is 1.68. The second-order valence-corrected chi connectivity index (χ2v) is 9.67. The molecule has 2 unspecified atom stereocenters. The van der Waals surface area contributed by atoms with Gasteiger partial charge in [-0.1, -0.05) is 18.0 Å². The summed E-state index contributed by atoms with van der Waals surface area (Å²) in [6, 6.07) is 2.67. The first-order chi connectivity index (χ1) is 13.7. The Morgan fingerprint density at radius 1 is 1.21 bits per heavy atom. The third kappa shape index (κ3) is 6.17. The zero-order valence-electron chi connectivity index (χ0n) is 17.8. The van der Waals surface area contributed by atoms with Crippen molar-refractivity contribution in [2.24, 2.45) is 11.8 Å². The van der Waals surface area contributed by atoms with Crippen molar-refractivity contribution in [3.05, 3.63) is 35.4 Å². The van der Waals surface area contributed by atoms with Crippen LogP contribution in [0, 0.1) is 23.5 Å². The molecule has 1 aromatic carbocycles. The number of ether oxygens (including phenoxy) is 1. The van der Waals surface area contributed by atoms with Crippen molar-refractivity contribution >= 4 is 17.5 Å². The molecule has 2 atom stereocenters. The van der Waals surface area contributed by atoms with Crippen LogP contribution in [-0.2, 0) is 0 Å². The molecule has 0 radical (unpaired) electrons. The average molecular weight is 427 g/mol. The van der Waals surface area contributed by atoms with Gasteiger partial charge >= 0.3 is 0 Å². The van der Waals surface area contributed by atoms with E-state index < -0.39 is 17.2 Å². The topological polar surface area (TPSA) is 35.9 Å². The molecule has 0 bridgehead atoms. The highest BCUT2D eigenvalue weighted by molar-refractivity contribution is 7.96. The smallest absolute Gasteiger partial charge is 0.190 e. The van der Waals surface area contributed by atoms with Gasteiger partial charge < -0.3 is 9.84 Å². The molecule has 3 aliphatic rings. The van der Waals surface area contributed by atoms with E-state index in [2.05, 4.69) is 13.9 Å². The fourth-order valence-electron chi connectivity index (χ4n) is 4.19. The molecule has 4 rings (SSSR count). The van der Waals surface area contributed by atoms with E-state index >= 15 is 0 Å². The number of hydrogen-bond acceptors (Lipinski definition) is 5. The summed E-state index contributed by atoms with van der Waals surface area (Å²) in [6.45, 7) is 8.77. The molecule has 2 fully saturated rings. The standard InChI is InChI=1S/C13H15F2NOS.C9H17NO/c1-17-13-11(14)7-10(8-12(13)15)9-3-5-16(18-2)6-4-9;1-9(2,11)6-10-4-7-3-8(7)5-10/h3,7-8H,4-6H2,1-2H3;7-8,11H,3-6H2,1-2H3. The van der Waals surface area contributed by atoms with Crippen molar-refractivity contribution in [3.8, 4) is 5.75 Å². The molecule has 2 heterocycles. The average Bonchev–Trinajstić information content (AvgIpc) is 3.27. The fraction of sp³-hybridized carbons (Fsp3) is 0.636. The minimum Gasteiger partial charge on any atom is -0.491 e. The molecule has 1 aromatic rings. The van der Waals surface area contributed by atoms with Crippen molar-refractivity contribution in [1.82, 2.24) is 9.21 Å². The molecule has 1 saturated heterocycles. The van der Waals surface area contributed by atoms with Crippen LogP contribution in [0.5, 0.6) is 5.75 Å². The summed E-state index contributed by atoms with van der Waals surface area (Å²) in [5.41, 5.74) is 1.09. The van der Waals surface area contributed by atoms with Crippen LogP contribution in [0.1, 0.15) is 32.3 Å². The number of halogens is 2. The largest absolute Gasteiger partial charge is 0.491 e. The van der Waals surface area contributed by atoms with Crippen LogP contribution < -0.4 is 4.74 Å². The van der Waals surface area contributed by atoms with E-state index in [4.69, 9.17) is 0 Å². The third-order valence-electron chi connectivity index (χ3n) is 5.67. The second-order valence-electron chi connectivity index (χ2n) is 8.79. The summed E-state index contributed by atoms with van der Waals surface area (Å²) in [6.07, 6.45) is 6.28. The van der Waals surface area contributed by atoms with E-state index in [1.165, 1.54) is 38.8 Å². The molecule has 162 valence electrons. The van der Waals surface area contributed by atoms with Gasteiger partial charge in [0.15, 0.2) is 17.4 Å². The molecular weight excluding hydrogens is 394 g/mol. The van der Waals surface area contributed by atoms with Gasteiger partial charge in [0.25, 0.3) is 0 Å². The van der Waals surface area contributed by atoms with Gasteiger partial charge in [-0.15, -0.1) is 0 Å². The van der Waals surface area contributed by atoms with Crippen LogP contribution in [0.2, 0.25) is 0 Å². The Hall–Kier alpha value is -1.15. The van der Waals surface area contributed by atoms with E-state index in [0.717, 1.165) is 43.5 Å². The normalized spacial score (nSPS) is 24.4. The molecule has 0 spiro atoms. The molecule has 1 aliphatic carbocycles. The lowest BCUT2D eigenvalue weighted by molar-refractivity contribution is 0.0404. The maximum Gasteiger partial charge on any atom is 0.190 e. The number of rotatable bonds is 5. The van der Waals surface area contributed by atoms with Crippen LogP contribution in [0.3, 0.4) is 0 Å². The number of nitrogens with zero attached hydrogens (tertiary/aromatic N) is 2. The summed E-state index contributed by atoms with van der Waals surface area (Å²) < 4.78 is 34.1. The highest BCUT2D eigenvalue weighted by Crippen LogP contribution is 2.45. The van der Waals surface area contributed by atoms with Crippen LogP contribution in [-0.4, -0.2) is 66.0 Å². The van der Waals surface area contributed by atoms with E-state index in [1.54, 1.807) is 11.9 Å². The van der Waals surface area contributed by atoms with Gasteiger partial charge in [0.2, 0.25) is 0 Å². The number of β-amino-alcohol motifs (C(OH)–C–C–N with tert-alkyl or cyclic N) is 1. The van der Waals surface area contributed by atoms with Gasteiger partial charge in [0.05, 0.1) is 12.7 Å². The number of benzene rings is 1. The molecule has 0 amide bonds. The van der Waals surface area contributed by atoms with E-state index in [0.29, 0.717) is 5.56 Å². The van der Waals surface area contributed by atoms with Crippen molar-refractivity contribution in [2.45, 2.75) is 32.3 Å². The van der Waals surface area contributed by atoms with Crippen LogP contribution in [0.4, 0.5) is 8.78 Å². The van der Waals surface area contributed by atoms with Crippen molar-refractivity contribution < 1.29 is 18.6 Å². The second kappa shape index (κ2) is 9.33. The summed E-state index contributed by atoms with van der Waals surface area (Å²) in [5, 5.41) is 9.54. The molecular formula is C22H32F2N2O2S. The highest BCUT2D eigenvalue weighted by Gasteiger charge is 2.45. The molecule has 7 heteroatoms. The molecule has 4 nitrogen and oxygen atoms in total. The van der Waals surface area contributed by atoms with E-state index in [1.807, 2.05) is 26.2 Å². The lowest BCUT2D eigenvalue weighted by Gasteiger charge is -2.25. The molecule has 1 saturated carbocycles. The zero-order chi connectivity index (χ0) is 21.2. The minimum absolute atomic E-state index is 0.319. The van der Waals surface area contributed by atoms with Crippen molar-refractivity contribution in [3.63, 3.8) is 0 Å². The fourth-order valence-corrected chi connectivity index (χ4v) is 4.69. The maximum absolute atomic E-state index is 13.6. The maximum atomic E-state index is 13.6. The Labute approximate surface area is 177 Å². The number of hydrogen-bond donors (Lipinski definition) is 1. The van der Waals surface area contributed by atoms with Crippen LogP contribution in [0.15, 0.2) is 18.2 Å². The first-order valence-corrected chi connectivity index (χ1v) is 11.3. The lowest BCUT2D eigenvalue weighted by Crippen LogP contribution is -2.38. The minimum atomic E-state index is -0.652. The van der Waals surface area contributed by atoms with Crippen LogP contribution in [0.25, 0.3) is 5.57 Å². The van der Waals surface area contributed by atoms with Gasteiger partial charge in [-0.25, -0.2) is 13.1 Å². The van der Waals surface area contributed by atoms with Gasteiger partial charge in [-0.05, 0) is 68.0 Å². The molecule has 1 N–H and O–H groups in total. The highest BCUT2D eigenvalue weighted by atomic mass is 32.2. The Morgan fingerprint density at radius 3 is 2.28 bits per heavy atom. The zero-order valence-corrected chi connectivity index (χ0v) is 18.6. The Morgan fingerprint density at radius 2 is 1.83 bits per heavy atom. The van der Waals surface area contributed by atoms with Gasteiger partial charge in [-0.2, -0.15) is 0 Å². The summed E-state index contributed by atoms with van der Waals surface area (Å²) in [4.78, 5) is 2.39. The SMILES string of the molecule is CC(C)(O)CN1CC2CC2C1.COc1c(F)cc(C2=CCN(SC)CC2)cc1F. The van der Waals surface area contributed by atoms with E-state index in [9.17, 15) is 13.9 Å². The predicted molar refractivity (Wildman–Crippen MR) is 115 cm³/mol. The van der Waals surface area contributed by atoms with Gasteiger partial charge in [0.1, 0.15) is 0 Å². The summed E-state index contributed by atoms with van der Waals surface area (Å²) in [7, 11) is 1.26. The predicted octanol–water partition coefficient (Wildman–Crippen LogP) is 4.05. The first-order valence-electron chi connectivity index (χ1n) is 10.2. The van der Waals surface area contributed by atoms with Crippen molar-refractivity contribution in [2.75, 3.05) is 46.1 Å². The molecule has 2 aliphatic heterocycles. The van der Waals surface area contributed by atoms with Gasteiger partial charge in [0, 0.05) is 32.7 Å². The number of aliphatic hydroxyl groups is 1. The molecule has 29 heavy (non-hydrogen) atoms. The molecule has 0 aromatic heterocycles. The van der Waals surface area contributed by atoms with Crippen LogP contribution >= 0.6 is 11.9 Å². The first kappa shape index (κ1) is 22.5. The van der Waals surface area contributed by atoms with Crippen molar-refractivity contribution in [1.29, 1.82) is 0 Å². The Balaban J connectivity index is 0.000000186. The number of fused-ring (bicyclic) bond motifs is 1. The van der Waals surface area contributed by atoms with Gasteiger partial charge in [-0.3, -0.25) is 4.90 Å².